The molecule has 0 aliphatic heterocycles. The summed E-state index contributed by atoms with van der Waals surface area (Å²) in [6.07, 6.45) is 4.13. The van der Waals surface area contributed by atoms with Crippen molar-refractivity contribution in [2.75, 3.05) is 25.5 Å². The number of rotatable bonds is 9. The molecule has 3 N–H and O–H groups in total. The number of aromatic nitrogens is 1. The molecule has 0 saturated carbocycles. The van der Waals surface area contributed by atoms with Crippen molar-refractivity contribution in [3.05, 3.63) is 24.0 Å². The van der Waals surface area contributed by atoms with Gasteiger partial charge in [0.1, 0.15) is 0 Å². The Kier molecular flexibility index (Phi) is 7.40. The molecule has 0 aliphatic carbocycles. The van der Waals surface area contributed by atoms with Gasteiger partial charge in [0.05, 0.1) is 6.04 Å². The number of hydrogen-bond acceptors (Lipinski definition) is 5. The summed E-state index contributed by atoms with van der Waals surface area (Å²) >= 11 is 0. The summed E-state index contributed by atoms with van der Waals surface area (Å²) in [5.74, 6) is 0. The van der Waals surface area contributed by atoms with Crippen LogP contribution in [0.3, 0.4) is 0 Å². The zero-order valence-electron chi connectivity index (χ0n) is 12.1. The standard InChI is InChI=1S/C14H25N3O2/c1-4-8-17-13(14(18-5-2)19-6-3)11-10-16-9-7-12(11)15/h7,9-10,13-14,17H,4-6,8H2,1-3H3,(H2,15,16). The van der Waals surface area contributed by atoms with Crippen LogP contribution in [0.15, 0.2) is 18.5 Å². The molecule has 1 aromatic heterocycles. The van der Waals surface area contributed by atoms with Crippen molar-refractivity contribution in [1.82, 2.24) is 10.3 Å². The number of nitrogen functional groups attached to an aromatic ring is 1. The number of ether oxygens (including phenoxy) is 2. The Hall–Kier alpha value is -1.17. The topological polar surface area (TPSA) is 69.4 Å². The van der Waals surface area contributed by atoms with E-state index < -0.39 is 0 Å². The molecule has 5 nitrogen and oxygen atoms in total. The van der Waals surface area contributed by atoms with E-state index >= 15 is 0 Å². The van der Waals surface area contributed by atoms with E-state index in [0.717, 1.165) is 18.5 Å². The van der Waals surface area contributed by atoms with Crippen LogP contribution in [0.5, 0.6) is 0 Å². The summed E-state index contributed by atoms with van der Waals surface area (Å²) in [7, 11) is 0. The number of nitrogens with one attached hydrogen (secondary N) is 1. The van der Waals surface area contributed by atoms with E-state index in [9.17, 15) is 0 Å². The van der Waals surface area contributed by atoms with Crippen LogP contribution in [0.4, 0.5) is 5.69 Å². The van der Waals surface area contributed by atoms with Crippen LogP contribution in [0.1, 0.15) is 38.8 Å². The molecule has 19 heavy (non-hydrogen) atoms. The van der Waals surface area contributed by atoms with Crippen LogP contribution in [0, 0.1) is 0 Å². The Morgan fingerprint density at radius 2 is 1.95 bits per heavy atom. The summed E-state index contributed by atoms with van der Waals surface area (Å²) in [5.41, 5.74) is 7.65. The van der Waals surface area contributed by atoms with E-state index in [1.165, 1.54) is 0 Å². The van der Waals surface area contributed by atoms with E-state index in [1.54, 1.807) is 18.5 Å². The molecule has 0 aromatic carbocycles. The molecule has 1 aromatic rings. The van der Waals surface area contributed by atoms with Crippen molar-refractivity contribution in [2.45, 2.75) is 39.5 Å². The highest BCUT2D eigenvalue weighted by Gasteiger charge is 2.25. The van der Waals surface area contributed by atoms with Crippen LogP contribution >= 0.6 is 0 Å². The van der Waals surface area contributed by atoms with Crippen molar-refractivity contribution in [1.29, 1.82) is 0 Å². The molecular weight excluding hydrogens is 242 g/mol. The lowest BCUT2D eigenvalue weighted by molar-refractivity contribution is -0.155. The second kappa shape index (κ2) is 8.85. The van der Waals surface area contributed by atoms with Gasteiger partial charge in [0.2, 0.25) is 0 Å². The van der Waals surface area contributed by atoms with Gasteiger partial charge >= 0.3 is 0 Å². The number of pyridine rings is 1. The summed E-state index contributed by atoms with van der Waals surface area (Å²) in [4.78, 5) is 4.15. The maximum atomic E-state index is 6.03. The maximum Gasteiger partial charge on any atom is 0.176 e. The zero-order valence-corrected chi connectivity index (χ0v) is 12.1. The van der Waals surface area contributed by atoms with Crippen molar-refractivity contribution < 1.29 is 9.47 Å². The lowest BCUT2D eigenvalue weighted by Crippen LogP contribution is -2.37. The molecule has 1 rings (SSSR count). The Labute approximate surface area is 115 Å². The molecular formula is C14H25N3O2. The third-order valence-corrected chi connectivity index (χ3v) is 2.77. The second-order valence-corrected chi connectivity index (χ2v) is 4.22. The number of nitrogens with two attached hydrogens (primary N) is 1. The van der Waals surface area contributed by atoms with Crippen LogP contribution in [0.2, 0.25) is 0 Å². The van der Waals surface area contributed by atoms with Gasteiger partial charge in [0.25, 0.3) is 0 Å². The van der Waals surface area contributed by atoms with E-state index in [2.05, 4.69) is 17.2 Å². The fourth-order valence-corrected chi connectivity index (χ4v) is 1.90. The number of hydrogen-bond donors (Lipinski definition) is 2. The third-order valence-electron chi connectivity index (χ3n) is 2.77. The minimum absolute atomic E-state index is 0.103. The average Bonchev–Trinajstić information content (AvgIpc) is 2.41. The Morgan fingerprint density at radius 1 is 1.26 bits per heavy atom. The Balaban J connectivity index is 2.94. The van der Waals surface area contributed by atoms with Gasteiger partial charge in [-0.25, -0.2) is 0 Å². The van der Waals surface area contributed by atoms with Gasteiger partial charge < -0.3 is 20.5 Å². The molecule has 108 valence electrons. The fraction of sp³-hybridized carbons (Fsp3) is 0.643. The first-order valence-electron chi connectivity index (χ1n) is 6.90. The summed E-state index contributed by atoms with van der Waals surface area (Å²) in [6, 6.07) is 1.69. The van der Waals surface area contributed by atoms with E-state index in [-0.39, 0.29) is 12.3 Å². The molecule has 0 spiro atoms. The molecule has 1 unspecified atom stereocenters. The van der Waals surface area contributed by atoms with Gasteiger partial charge in [-0.05, 0) is 32.9 Å². The van der Waals surface area contributed by atoms with Gasteiger partial charge in [-0.3, -0.25) is 4.98 Å². The quantitative estimate of drug-likeness (QED) is 0.671. The van der Waals surface area contributed by atoms with Gasteiger partial charge in [0, 0.05) is 36.9 Å². The molecule has 0 aliphatic rings. The Morgan fingerprint density at radius 3 is 2.47 bits per heavy atom. The van der Waals surface area contributed by atoms with Gasteiger partial charge in [0.15, 0.2) is 6.29 Å². The van der Waals surface area contributed by atoms with Crippen molar-refractivity contribution in [2.24, 2.45) is 0 Å². The third kappa shape index (κ3) is 4.78. The lowest BCUT2D eigenvalue weighted by Gasteiger charge is -2.28. The molecule has 5 heteroatoms. The van der Waals surface area contributed by atoms with E-state index in [1.807, 2.05) is 13.8 Å². The highest BCUT2D eigenvalue weighted by molar-refractivity contribution is 5.46. The van der Waals surface area contributed by atoms with Crippen LogP contribution in [-0.2, 0) is 9.47 Å². The minimum Gasteiger partial charge on any atom is -0.398 e. The molecule has 0 fully saturated rings. The summed E-state index contributed by atoms with van der Waals surface area (Å²) in [5, 5.41) is 3.43. The summed E-state index contributed by atoms with van der Waals surface area (Å²) < 4.78 is 11.4. The minimum atomic E-state index is -0.354. The SMILES string of the molecule is CCCNC(c1cnccc1N)C(OCC)OCC. The molecule has 0 saturated heterocycles. The maximum absolute atomic E-state index is 6.03. The zero-order chi connectivity index (χ0) is 14.1. The smallest absolute Gasteiger partial charge is 0.176 e. The molecule has 0 bridgehead atoms. The number of anilines is 1. The normalized spacial score (nSPS) is 12.8. The highest BCUT2D eigenvalue weighted by atomic mass is 16.7. The van der Waals surface area contributed by atoms with E-state index in [4.69, 9.17) is 15.2 Å². The largest absolute Gasteiger partial charge is 0.398 e. The van der Waals surface area contributed by atoms with Crippen LogP contribution < -0.4 is 11.1 Å². The first-order valence-corrected chi connectivity index (χ1v) is 6.90. The van der Waals surface area contributed by atoms with E-state index in [0.29, 0.717) is 18.9 Å². The predicted octanol–water partition coefficient (Wildman–Crippen LogP) is 2.10. The average molecular weight is 267 g/mol. The monoisotopic (exact) mass is 267 g/mol. The van der Waals surface area contributed by atoms with Crippen LogP contribution in [-0.4, -0.2) is 31.0 Å². The van der Waals surface area contributed by atoms with Crippen molar-refractivity contribution >= 4 is 5.69 Å². The first-order chi connectivity index (χ1) is 9.24. The predicted molar refractivity (Wildman–Crippen MR) is 76.7 cm³/mol. The number of nitrogens with zero attached hydrogens (tertiary/aromatic N) is 1. The van der Waals surface area contributed by atoms with Gasteiger partial charge in [-0.15, -0.1) is 0 Å². The lowest BCUT2D eigenvalue weighted by atomic mass is 10.1. The van der Waals surface area contributed by atoms with Gasteiger partial charge in [-0.1, -0.05) is 6.92 Å². The molecule has 1 heterocycles. The molecule has 0 amide bonds. The van der Waals surface area contributed by atoms with Crippen molar-refractivity contribution in [3.8, 4) is 0 Å². The summed E-state index contributed by atoms with van der Waals surface area (Å²) in [6.45, 7) is 8.08. The van der Waals surface area contributed by atoms with Crippen molar-refractivity contribution in [3.63, 3.8) is 0 Å². The van der Waals surface area contributed by atoms with Gasteiger partial charge in [-0.2, -0.15) is 0 Å². The molecule has 1 atom stereocenters. The molecule has 0 radical (unpaired) electrons. The first kappa shape index (κ1) is 15.9. The highest BCUT2D eigenvalue weighted by Crippen LogP contribution is 2.24. The van der Waals surface area contributed by atoms with Crippen LogP contribution in [0.25, 0.3) is 0 Å². The fourth-order valence-electron chi connectivity index (χ4n) is 1.90. The second-order valence-electron chi connectivity index (χ2n) is 4.22. The Bertz CT molecular complexity index is 354.